The van der Waals surface area contributed by atoms with Crippen LogP contribution in [0.4, 0.5) is 0 Å². The van der Waals surface area contributed by atoms with Gasteiger partial charge in [-0.05, 0) is 45.4 Å². The van der Waals surface area contributed by atoms with E-state index in [2.05, 4.69) is 11.9 Å². The lowest BCUT2D eigenvalue weighted by molar-refractivity contribution is -0.142. The van der Waals surface area contributed by atoms with Crippen LogP contribution in [0.1, 0.15) is 57.2 Å². The van der Waals surface area contributed by atoms with Crippen molar-refractivity contribution >= 4 is 17.3 Å². The van der Waals surface area contributed by atoms with E-state index in [1.807, 2.05) is 19.2 Å². The number of hydrogen-bond donors (Lipinski definition) is 0. The molecule has 0 aliphatic heterocycles. The molecule has 0 amide bonds. The Kier molecular flexibility index (Phi) is 5.76. The summed E-state index contributed by atoms with van der Waals surface area (Å²) in [4.78, 5) is 16.2. The maximum Gasteiger partial charge on any atom is 0.311 e. The molecular weight excluding hydrogens is 286 g/mol. The Morgan fingerprint density at radius 2 is 2.10 bits per heavy atom. The summed E-state index contributed by atoms with van der Waals surface area (Å²) >= 11 is 1.61. The highest BCUT2D eigenvalue weighted by atomic mass is 32.1. The molecule has 118 valence electrons. The highest BCUT2D eigenvalue weighted by Gasteiger charge is 2.39. The molecule has 1 aromatic rings. The van der Waals surface area contributed by atoms with Crippen LogP contribution in [0.15, 0.2) is 5.38 Å². The molecule has 0 N–H and O–H groups in total. The molecule has 1 aliphatic rings. The summed E-state index contributed by atoms with van der Waals surface area (Å²) in [5.74, 6) is 0.551. The predicted molar refractivity (Wildman–Crippen MR) is 83.4 cm³/mol. The molecule has 0 aromatic carbocycles. The summed E-state index contributed by atoms with van der Waals surface area (Å²) in [6.45, 7) is 7.26. The third-order valence-electron chi connectivity index (χ3n) is 4.07. The zero-order chi connectivity index (χ0) is 15.3. The number of hydrogen-bond acceptors (Lipinski definition) is 5. The molecule has 1 aromatic heterocycles. The molecule has 1 fully saturated rings. The van der Waals surface area contributed by atoms with Crippen LogP contribution in [0.5, 0.6) is 0 Å². The maximum atomic E-state index is 11.6. The smallest absolute Gasteiger partial charge is 0.311 e. The largest absolute Gasteiger partial charge is 0.466 e. The van der Waals surface area contributed by atoms with E-state index in [0.717, 1.165) is 29.5 Å². The molecule has 4 nitrogen and oxygen atoms in total. The number of carbonyl (C=O) groups is 1. The molecule has 0 unspecified atom stereocenters. The fraction of sp³-hybridized carbons (Fsp3) is 0.750. The first-order chi connectivity index (χ1) is 10.1. The van der Waals surface area contributed by atoms with Crippen molar-refractivity contribution in [2.45, 2.75) is 58.5 Å². The Morgan fingerprint density at radius 1 is 1.38 bits per heavy atom. The van der Waals surface area contributed by atoms with Gasteiger partial charge in [0.2, 0.25) is 0 Å². The van der Waals surface area contributed by atoms with Gasteiger partial charge in [0, 0.05) is 12.0 Å². The van der Waals surface area contributed by atoms with Crippen molar-refractivity contribution in [1.82, 2.24) is 4.98 Å². The summed E-state index contributed by atoms with van der Waals surface area (Å²) in [5.41, 5.74) is 0.560. The minimum atomic E-state index is -0.237. The predicted octanol–water partition coefficient (Wildman–Crippen LogP) is 3.69. The van der Waals surface area contributed by atoms with E-state index in [1.54, 1.807) is 11.3 Å². The molecular formula is C16H25NO3S. The van der Waals surface area contributed by atoms with Crippen LogP contribution in [-0.4, -0.2) is 24.2 Å². The molecule has 0 saturated heterocycles. The third kappa shape index (κ3) is 4.04. The number of aromatic nitrogens is 1. The molecule has 5 heteroatoms. The number of ether oxygens (including phenoxy) is 2. The number of rotatable bonds is 6. The molecule has 0 spiro atoms. The number of esters is 1. The zero-order valence-electron chi connectivity index (χ0n) is 13.2. The van der Waals surface area contributed by atoms with E-state index in [0.29, 0.717) is 13.2 Å². The molecule has 0 atom stereocenters. The standard InChI is InChI=1S/C16H25NO3S/c1-4-19-14(18)10-13-11-21-15(17-13)16(20-5-2)8-6-12(3)7-9-16/h11-12H,4-10H2,1-3H3. The van der Waals surface area contributed by atoms with Crippen molar-refractivity contribution in [2.24, 2.45) is 5.92 Å². The Bertz CT molecular complexity index is 464. The van der Waals surface area contributed by atoms with Gasteiger partial charge in [-0.1, -0.05) is 6.92 Å². The SMILES string of the molecule is CCOC(=O)Cc1csc(C2(OCC)CCC(C)CC2)n1. The van der Waals surface area contributed by atoms with Crippen LogP contribution in [0.3, 0.4) is 0 Å². The minimum Gasteiger partial charge on any atom is -0.466 e. The van der Waals surface area contributed by atoms with Crippen LogP contribution in [-0.2, 0) is 26.3 Å². The summed E-state index contributed by atoms with van der Waals surface area (Å²) in [6, 6.07) is 0. The molecule has 1 saturated carbocycles. The number of nitrogens with zero attached hydrogens (tertiary/aromatic N) is 1. The van der Waals surface area contributed by atoms with Crippen LogP contribution >= 0.6 is 11.3 Å². The van der Waals surface area contributed by atoms with Crippen molar-refractivity contribution < 1.29 is 14.3 Å². The van der Waals surface area contributed by atoms with Crippen molar-refractivity contribution in [1.29, 1.82) is 0 Å². The zero-order valence-corrected chi connectivity index (χ0v) is 14.0. The summed E-state index contributed by atoms with van der Waals surface area (Å²) in [7, 11) is 0. The Labute approximate surface area is 130 Å². The lowest BCUT2D eigenvalue weighted by Gasteiger charge is -2.37. The lowest BCUT2D eigenvalue weighted by Crippen LogP contribution is -2.34. The van der Waals surface area contributed by atoms with Crippen LogP contribution in [0, 0.1) is 5.92 Å². The maximum absolute atomic E-state index is 11.6. The Hall–Kier alpha value is -0.940. The monoisotopic (exact) mass is 311 g/mol. The fourth-order valence-corrected chi connectivity index (χ4v) is 3.91. The number of thiazole rings is 1. The van der Waals surface area contributed by atoms with Gasteiger partial charge >= 0.3 is 5.97 Å². The first-order valence-corrected chi connectivity index (χ1v) is 8.72. The van der Waals surface area contributed by atoms with E-state index in [1.165, 1.54) is 12.8 Å². The average Bonchev–Trinajstić information content (AvgIpc) is 2.91. The summed E-state index contributed by atoms with van der Waals surface area (Å²) < 4.78 is 11.1. The molecule has 0 bridgehead atoms. The van der Waals surface area contributed by atoms with E-state index in [-0.39, 0.29) is 18.0 Å². The van der Waals surface area contributed by atoms with Gasteiger partial charge in [0.25, 0.3) is 0 Å². The second kappa shape index (κ2) is 7.36. The third-order valence-corrected chi connectivity index (χ3v) is 5.15. The minimum absolute atomic E-state index is 0.211. The fourth-order valence-electron chi connectivity index (χ4n) is 2.88. The van der Waals surface area contributed by atoms with E-state index < -0.39 is 0 Å². The quantitative estimate of drug-likeness (QED) is 0.752. The molecule has 0 radical (unpaired) electrons. The lowest BCUT2D eigenvalue weighted by atomic mass is 9.79. The van der Waals surface area contributed by atoms with Crippen LogP contribution in [0.25, 0.3) is 0 Å². The van der Waals surface area contributed by atoms with Gasteiger partial charge in [0.05, 0.1) is 18.7 Å². The highest BCUT2D eigenvalue weighted by molar-refractivity contribution is 7.09. The summed E-state index contributed by atoms with van der Waals surface area (Å²) in [5, 5.41) is 2.99. The van der Waals surface area contributed by atoms with Crippen molar-refractivity contribution in [2.75, 3.05) is 13.2 Å². The van der Waals surface area contributed by atoms with Gasteiger partial charge in [-0.25, -0.2) is 4.98 Å². The van der Waals surface area contributed by atoms with E-state index in [4.69, 9.17) is 9.47 Å². The van der Waals surface area contributed by atoms with Gasteiger partial charge in [0.1, 0.15) is 10.6 Å². The highest BCUT2D eigenvalue weighted by Crippen LogP contribution is 2.43. The Balaban J connectivity index is 2.11. The summed E-state index contributed by atoms with van der Waals surface area (Å²) in [6.07, 6.45) is 4.64. The second-order valence-electron chi connectivity index (χ2n) is 5.74. The number of carbonyl (C=O) groups excluding carboxylic acids is 1. The van der Waals surface area contributed by atoms with Gasteiger partial charge in [-0.2, -0.15) is 0 Å². The van der Waals surface area contributed by atoms with Crippen molar-refractivity contribution in [3.63, 3.8) is 0 Å². The van der Waals surface area contributed by atoms with Crippen LogP contribution < -0.4 is 0 Å². The van der Waals surface area contributed by atoms with E-state index >= 15 is 0 Å². The van der Waals surface area contributed by atoms with Crippen molar-refractivity contribution in [3.05, 3.63) is 16.1 Å². The van der Waals surface area contributed by atoms with Crippen molar-refractivity contribution in [3.8, 4) is 0 Å². The first kappa shape index (κ1) is 16.4. The first-order valence-electron chi connectivity index (χ1n) is 7.84. The van der Waals surface area contributed by atoms with Gasteiger partial charge in [0.15, 0.2) is 0 Å². The molecule has 21 heavy (non-hydrogen) atoms. The van der Waals surface area contributed by atoms with Gasteiger partial charge in [-0.15, -0.1) is 11.3 Å². The topological polar surface area (TPSA) is 48.4 Å². The Morgan fingerprint density at radius 3 is 2.71 bits per heavy atom. The van der Waals surface area contributed by atoms with E-state index in [9.17, 15) is 4.79 Å². The van der Waals surface area contributed by atoms with Gasteiger partial charge < -0.3 is 9.47 Å². The average molecular weight is 311 g/mol. The van der Waals surface area contributed by atoms with Crippen LogP contribution in [0.2, 0.25) is 0 Å². The van der Waals surface area contributed by atoms with Gasteiger partial charge in [-0.3, -0.25) is 4.79 Å². The molecule has 2 rings (SSSR count). The molecule has 1 heterocycles. The normalized spacial score (nSPS) is 25.8. The molecule has 1 aliphatic carbocycles. The second-order valence-corrected chi connectivity index (χ2v) is 6.59.